The van der Waals surface area contributed by atoms with Gasteiger partial charge in [0, 0.05) is 23.2 Å². The smallest absolute Gasteiger partial charge is 0.127 e. The first-order valence-electron chi connectivity index (χ1n) is 6.31. The Hall–Kier alpha value is -1.38. The van der Waals surface area contributed by atoms with Crippen LogP contribution in [0.25, 0.3) is 0 Å². The van der Waals surface area contributed by atoms with E-state index in [2.05, 4.69) is 5.32 Å². The van der Waals surface area contributed by atoms with E-state index < -0.39 is 0 Å². The zero-order valence-corrected chi connectivity index (χ0v) is 11.8. The van der Waals surface area contributed by atoms with Crippen LogP contribution in [0.2, 0.25) is 5.02 Å². The highest BCUT2D eigenvalue weighted by Crippen LogP contribution is 2.19. The zero-order valence-electron chi connectivity index (χ0n) is 11.1. The first-order valence-corrected chi connectivity index (χ1v) is 6.68. The van der Waals surface area contributed by atoms with E-state index in [9.17, 15) is 4.39 Å². The molecule has 0 spiro atoms. The minimum Gasteiger partial charge on any atom is -0.306 e. The molecule has 1 nitrogen and oxygen atoms in total. The van der Waals surface area contributed by atoms with Crippen LogP contribution in [0.5, 0.6) is 0 Å². The van der Waals surface area contributed by atoms with Crippen molar-refractivity contribution in [2.75, 3.05) is 0 Å². The predicted molar refractivity (Wildman–Crippen MR) is 77.8 cm³/mol. The molecule has 2 rings (SSSR count). The van der Waals surface area contributed by atoms with Crippen LogP contribution < -0.4 is 5.32 Å². The highest BCUT2D eigenvalue weighted by molar-refractivity contribution is 6.31. The van der Waals surface area contributed by atoms with Crippen LogP contribution in [0.4, 0.5) is 4.39 Å². The van der Waals surface area contributed by atoms with Crippen LogP contribution in [-0.4, -0.2) is 0 Å². The molecule has 0 heterocycles. The lowest BCUT2D eigenvalue weighted by atomic mass is 10.1. The summed E-state index contributed by atoms with van der Waals surface area (Å²) >= 11 is 6.08. The minimum absolute atomic E-state index is 0.0405. The molecule has 0 unspecified atom stereocenters. The molecule has 19 heavy (non-hydrogen) atoms. The van der Waals surface area contributed by atoms with Crippen molar-refractivity contribution < 1.29 is 4.39 Å². The van der Waals surface area contributed by atoms with Crippen LogP contribution in [0.3, 0.4) is 0 Å². The number of rotatable bonds is 4. The highest BCUT2D eigenvalue weighted by Gasteiger charge is 2.09. The Morgan fingerprint density at radius 1 is 1.21 bits per heavy atom. The Labute approximate surface area is 118 Å². The van der Waals surface area contributed by atoms with Gasteiger partial charge >= 0.3 is 0 Å². The van der Waals surface area contributed by atoms with Gasteiger partial charge in [-0.1, -0.05) is 41.9 Å². The molecule has 0 radical (unpaired) electrons. The van der Waals surface area contributed by atoms with Gasteiger partial charge in [0.15, 0.2) is 0 Å². The second-order valence-corrected chi connectivity index (χ2v) is 5.11. The van der Waals surface area contributed by atoms with Crippen LogP contribution >= 0.6 is 11.6 Å². The van der Waals surface area contributed by atoms with E-state index in [0.29, 0.717) is 12.1 Å². The molecule has 0 aliphatic heterocycles. The van der Waals surface area contributed by atoms with Crippen LogP contribution in [-0.2, 0) is 6.54 Å². The molecule has 100 valence electrons. The number of hydrogen-bond acceptors (Lipinski definition) is 1. The van der Waals surface area contributed by atoms with Crippen molar-refractivity contribution in [1.82, 2.24) is 5.32 Å². The quantitative estimate of drug-likeness (QED) is 0.858. The third-order valence-corrected chi connectivity index (χ3v) is 3.63. The Morgan fingerprint density at radius 2 is 1.95 bits per heavy atom. The van der Waals surface area contributed by atoms with E-state index in [-0.39, 0.29) is 11.9 Å². The second-order valence-electron chi connectivity index (χ2n) is 4.71. The Morgan fingerprint density at radius 3 is 2.63 bits per heavy atom. The molecular weight excluding hydrogens is 261 g/mol. The van der Waals surface area contributed by atoms with E-state index in [1.807, 2.05) is 38.1 Å². The maximum absolute atomic E-state index is 13.6. The number of halogens is 2. The van der Waals surface area contributed by atoms with Gasteiger partial charge in [-0.3, -0.25) is 0 Å². The lowest BCUT2D eigenvalue weighted by Crippen LogP contribution is -2.19. The summed E-state index contributed by atoms with van der Waals surface area (Å²) in [5, 5.41) is 4.07. The van der Waals surface area contributed by atoms with Crippen LogP contribution in [0.15, 0.2) is 42.5 Å². The first-order chi connectivity index (χ1) is 9.08. The standard InChI is InChI=1S/C16H17ClFN/c1-11-7-8-13(9-15(11)17)10-19-12(2)14-5-3-4-6-16(14)18/h3-9,12,19H,10H2,1-2H3/t12-/m1/s1. The van der Waals surface area contributed by atoms with Gasteiger partial charge in [0.25, 0.3) is 0 Å². The SMILES string of the molecule is Cc1ccc(CN[C@H](C)c2ccccc2F)cc1Cl. The molecule has 0 amide bonds. The lowest BCUT2D eigenvalue weighted by Gasteiger charge is -2.15. The summed E-state index contributed by atoms with van der Waals surface area (Å²) in [6.45, 7) is 4.59. The summed E-state index contributed by atoms with van der Waals surface area (Å²) in [6, 6.07) is 12.8. The van der Waals surface area contributed by atoms with Gasteiger partial charge in [0.2, 0.25) is 0 Å². The maximum Gasteiger partial charge on any atom is 0.127 e. The van der Waals surface area contributed by atoms with Gasteiger partial charge in [-0.15, -0.1) is 0 Å². The van der Waals surface area contributed by atoms with E-state index >= 15 is 0 Å². The Bertz CT molecular complexity index is 568. The molecule has 0 aliphatic carbocycles. The van der Waals surface area contributed by atoms with Gasteiger partial charge in [-0.2, -0.15) is 0 Å². The summed E-state index contributed by atoms with van der Waals surface area (Å²) < 4.78 is 13.6. The van der Waals surface area contributed by atoms with Crippen LogP contribution in [0, 0.1) is 12.7 Å². The van der Waals surface area contributed by atoms with Crippen molar-refractivity contribution in [1.29, 1.82) is 0 Å². The largest absolute Gasteiger partial charge is 0.306 e. The van der Waals surface area contributed by atoms with Crippen molar-refractivity contribution >= 4 is 11.6 Å². The molecule has 0 saturated carbocycles. The normalized spacial score (nSPS) is 12.4. The monoisotopic (exact) mass is 277 g/mol. The van der Waals surface area contributed by atoms with Gasteiger partial charge in [-0.25, -0.2) is 4.39 Å². The summed E-state index contributed by atoms with van der Waals surface area (Å²) in [7, 11) is 0. The van der Waals surface area contributed by atoms with E-state index in [4.69, 9.17) is 11.6 Å². The van der Waals surface area contributed by atoms with Gasteiger partial charge in [0.05, 0.1) is 0 Å². The van der Waals surface area contributed by atoms with Crippen LogP contribution in [0.1, 0.15) is 29.7 Å². The maximum atomic E-state index is 13.6. The molecule has 0 aliphatic rings. The average Bonchev–Trinajstić information content (AvgIpc) is 2.40. The third kappa shape index (κ3) is 3.55. The van der Waals surface area contributed by atoms with E-state index in [0.717, 1.165) is 16.1 Å². The lowest BCUT2D eigenvalue weighted by molar-refractivity contribution is 0.528. The Balaban J connectivity index is 2.02. The fourth-order valence-electron chi connectivity index (χ4n) is 1.95. The molecule has 0 fully saturated rings. The molecule has 1 atom stereocenters. The van der Waals surface area contributed by atoms with Crippen molar-refractivity contribution in [3.63, 3.8) is 0 Å². The molecule has 0 aromatic heterocycles. The minimum atomic E-state index is -0.176. The highest BCUT2D eigenvalue weighted by atomic mass is 35.5. The summed E-state index contributed by atoms with van der Waals surface area (Å²) in [5.74, 6) is -0.176. The van der Waals surface area contributed by atoms with Gasteiger partial charge in [0.1, 0.15) is 5.82 Å². The predicted octanol–water partition coefficient (Wildman–Crippen LogP) is 4.64. The first kappa shape index (κ1) is 14.0. The summed E-state index contributed by atoms with van der Waals surface area (Å²) in [5.41, 5.74) is 2.84. The second kappa shape index (κ2) is 6.18. The van der Waals surface area contributed by atoms with Crippen molar-refractivity contribution in [3.05, 3.63) is 70.0 Å². The molecule has 3 heteroatoms. The number of benzene rings is 2. The molecule has 0 bridgehead atoms. The van der Waals surface area contributed by atoms with Crippen molar-refractivity contribution in [3.8, 4) is 0 Å². The molecule has 2 aromatic rings. The summed E-state index contributed by atoms with van der Waals surface area (Å²) in [6.07, 6.45) is 0. The van der Waals surface area contributed by atoms with Crippen molar-refractivity contribution in [2.24, 2.45) is 0 Å². The summed E-state index contributed by atoms with van der Waals surface area (Å²) in [4.78, 5) is 0. The van der Waals surface area contributed by atoms with Crippen molar-refractivity contribution in [2.45, 2.75) is 26.4 Å². The molecular formula is C16H17ClFN. The average molecular weight is 278 g/mol. The van der Waals surface area contributed by atoms with Gasteiger partial charge < -0.3 is 5.32 Å². The third-order valence-electron chi connectivity index (χ3n) is 3.22. The Kier molecular flexibility index (Phi) is 4.56. The molecule has 1 N–H and O–H groups in total. The fourth-order valence-corrected chi connectivity index (χ4v) is 2.16. The topological polar surface area (TPSA) is 12.0 Å². The zero-order chi connectivity index (χ0) is 13.8. The fraction of sp³-hybridized carbons (Fsp3) is 0.250. The number of aryl methyl sites for hydroxylation is 1. The molecule has 2 aromatic carbocycles. The molecule has 0 saturated heterocycles. The number of nitrogens with one attached hydrogen (secondary N) is 1. The van der Waals surface area contributed by atoms with Gasteiger partial charge in [-0.05, 0) is 37.1 Å². The number of hydrogen-bond donors (Lipinski definition) is 1. The van der Waals surface area contributed by atoms with E-state index in [1.54, 1.807) is 12.1 Å². The van der Waals surface area contributed by atoms with E-state index in [1.165, 1.54) is 6.07 Å².